The standard InChI is InChI=1S/C23H32FN4O7P/c1-14(2)34-21(30)15(3)27-36(32,12-16-8-6-5-7-9-16)33-13-23(4)19(29)18(24)20(35-23)28-11-10-17(25)26-22(28)31/h5-11,14-15,18-20,29H,12-13H2,1-4H3,(H,27,32)(H2,25,26,31)/t15-,18+,19-,20+,23+,36?/m0/s1. The molecule has 1 aliphatic rings. The van der Waals surface area contributed by atoms with E-state index >= 15 is 4.39 Å². The molecule has 1 aromatic heterocycles. The first kappa shape index (κ1) is 27.9. The fourth-order valence-electron chi connectivity index (χ4n) is 3.72. The highest BCUT2D eigenvalue weighted by atomic mass is 31.2. The van der Waals surface area contributed by atoms with Crippen LogP contribution < -0.4 is 16.5 Å². The number of aliphatic hydroxyl groups excluding tert-OH is 1. The van der Waals surface area contributed by atoms with E-state index < -0.39 is 55.9 Å². The number of carbonyl (C=O) groups is 1. The average molecular weight is 527 g/mol. The third-order valence-electron chi connectivity index (χ3n) is 5.60. The zero-order chi connectivity index (χ0) is 26.7. The summed E-state index contributed by atoms with van der Waals surface area (Å²) in [7, 11) is -3.81. The van der Waals surface area contributed by atoms with Crippen molar-refractivity contribution in [3.05, 3.63) is 58.6 Å². The first-order valence-electron chi connectivity index (χ1n) is 11.4. The third-order valence-corrected chi connectivity index (χ3v) is 7.71. The average Bonchev–Trinajstić information content (AvgIpc) is 3.02. The van der Waals surface area contributed by atoms with Gasteiger partial charge in [0, 0.05) is 6.20 Å². The van der Waals surface area contributed by atoms with Crippen LogP contribution in [-0.2, 0) is 29.5 Å². The van der Waals surface area contributed by atoms with Crippen LogP contribution in [0.1, 0.15) is 39.5 Å². The van der Waals surface area contributed by atoms with Crippen LogP contribution in [0, 0.1) is 0 Å². The van der Waals surface area contributed by atoms with Crippen LogP contribution in [0.25, 0.3) is 0 Å². The van der Waals surface area contributed by atoms with Gasteiger partial charge in [-0.25, -0.2) is 14.3 Å². The second-order valence-corrected chi connectivity index (χ2v) is 11.4. The third kappa shape index (κ3) is 6.57. The Kier molecular flexibility index (Phi) is 8.68. The lowest BCUT2D eigenvalue weighted by Crippen LogP contribution is -2.44. The molecule has 13 heteroatoms. The van der Waals surface area contributed by atoms with Crippen LogP contribution in [0.3, 0.4) is 0 Å². The Bertz CT molecular complexity index is 1160. The number of esters is 1. The van der Waals surface area contributed by atoms with E-state index in [9.17, 15) is 19.3 Å². The van der Waals surface area contributed by atoms with Crippen molar-refractivity contribution in [1.29, 1.82) is 0 Å². The maximum Gasteiger partial charge on any atom is 0.351 e. The number of rotatable bonds is 10. The summed E-state index contributed by atoms with van der Waals surface area (Å²) in [5.74, 6) is -0.668. The molecule has 6 atom stereocenters. The lowest BCUT2D eigenvalue weighted by atomic mass is 9.99. The predicted molar refractivity (Wildman–Crippen MR) is 130 cm³/mol. The molecule has 0 radical (unpaired) electrons. The van der Waals surface area contributed by atoms with Gasteiger partial charge in [-0.05, 0) is 39.3 Å². The van der Waals surface area contributed by atoms with Gasteiger partial charge in [-0.2, -0.15) is 4.98 Å². The maximum atomic E-state index is 15.1. The van der Waals surface area contributed by atoms with Crippen molar-refractivity contribution in [3.8, 4) is 0 Å². The second-order valence-electron chi connectivity index (χ2n) is 9.18. The quantitative estimate of drug-likeness (QED) is 0.310. The molecule has 2 heterocycles. The Morgan fingerprint density at radius 3 is 2.61 bits per heavy atom. The number of nitrogen functional groups attached to an aromatic ring is 1. The Hall–Kier alpha value is -2.63. The van der Waals surface area contributed by atoms with E-state index in [1.54, 1.807) is 44.2 Å². The lowest BCUT2D eigenvalue weighted by Gasteiger charge is -2.30. The molecule has 3 rings (SSSR count). The van der Waals surface area contributed by atoms with Gasteiger partial charge in [0.15, 0.2) is 12.4 Å². The molecule has 0 bridgehead atoms. The van der Waals surface area contributed by atoms with E-state index in [0.717, 1.165) is 4.57 Å². The topological polar surface area (TPSA) is 155 Å². The van der Waals surface area contributed by atoms with Crippen molar-refractivity contribution in [2.45, 2.75) is 70.1 Å². The Morgan fingerprint density at radius 2 is 2.00 bits per heavy atom. The highest BCUT2D eigenvalue weighted by Crippen LogP contribution is 2.49. The molecular formula is C23H32FN4O7P. The summed E-state index contributed by atoms with van der Waals surface area (Å²) in [6.07, 6.45) is -4.49. The number of nitrogens with one attached hydrogen (secondary N) is 1. The predicted octanol–water partition coefficient (Wildman–Crippen LogP) is 2.15. The van der Waals surface area contributed by atoms with E-state index in [4.69, 9.17) is 19.7 Å². The van der Waals surface area contributed by atoms with E-state index in [0.29, 0.717) is 5.56 Å². The van der Waals surface area contributed by atoms with Gasteiger partial charge in [0.2, 0.25) is 0 Å². The molecule has 0 amide bonds. The lowest BCUT2D eigenvalue weighted by molar-refractivity contribution is -0.149. The minimum Gasteiger partial charge on any atom is -0.462 e. The number of aromatic nitrogens is 2. The largest absolute Gasteiger partial charge is 0.462 e. The summed E-state index contributed by atoms with van der Waals surface area (Å²) < 4.78 is 46.5. The number of hydrogen-bond acceptors (Lipinski definition) is 9. The number of anilines is 1. The van der Waals surface area contributed by atoms with Crippen molar-refractivity contribution >= 4 is 19.3 Å². The fraction of sp³-hybridized carbons (Fsp3) is 0.522. The smallest absolute Gasteiger partial charge is 0.351 e. The van der Waals surface area contributed by atoms with E-state index in [-0.39, 0.29) is 18.1 Å². The number of aliphatic hydroxyl groups is 1. The molecule has 1 saturated heterocycles. The van der Waals surface area contributed by atoms with Crippen LogP contribution in [0.5, 0.6) is 0 Å². The second kappa shape index (κ2) is 11.2. The monoisotopic (exact) mass is 526 g/mol. The van der Waals surface area contributed by atoms with E-state index in [1.807, 2.05) is 0 Å². The summed E-state index contributed by atoms with van der Waals surface area (Å²) in [5, 5.41) is 13.3. The number of nitrogens with two attached hydrogens (primary N) is 1. The van der Waals surface area contributed by atoms with Gasteiger partial charge in [-0.1, -0.05) is 30.3 Å². The van der Waals surface area contributed by atoms with Gasteiger partial charge in [-0.3, -0.25) is 13.9 Å². The Labute approximate surface area is 208 Å². The fourth-order valence-corrected chi connectivity index (χ4v) is 5.83. The normalized spacial score (nSPS) is 26.5. The molecule has 1 unspecified atom stereocenters. The molecule has 0 spiro atoms. The number of ether oxygens (including phenoxy) is 2. The van der Waals surface area contributed by atoms with Gasteiger partial charge in [0.1, 0.15) is 23.6 Å². The van der Waals surface area contributed by atoms with Crippen LogP contribution in [0.15, 0.2) is 47.4 Å². The zero-order valence-electron chi connectivity index (χ0n) is 20.5. The summed E-state index contributed by atoms with van der Waals surface area (Å²) in [4.78, 5) is 28.1. The molecule has 198 valence electrons. The maximum absolute atomic E-state index is 15.1. The van der Waals surface area contributed by atoms with Crippen LogP contribution in [0.2, 0.25) is 0 Å². The highest BCUT2D eigenvalue weighted by molar-refractivity contribution is 7.56. The van der Waals surface area contributed by atoms with Gasteiger partial charge in [0.25, 0.3) is 7.52 Å². The highest BCUT2D eigenvalue weighted by Gasteiger charge is 2.54. The minimum atomic E-state index is -3.81. The van der Waals surface area contributed by atoms with Crippen molar-refractivity contribution in [2.24, 2.45) is 0 Å². The molecule has 0 aliphatic carbocycles. The minimum absolute atomic E-state index is 0.0469. The van der Waals surface area contributed by atoms with Gasteiger partial charge < -0.3 is 24.8 Å². The van der Waals surface area contributed by atoms with Crippen molar-refractivity contribution < 1.29 is 32.9 Å². The first-order valence-corrected chi connectivity index (χ1v) is 13.2. The number of carbonyl (C=O) groups excluding carboxylic acids is 1. The summed E-state index contributed by atoms with van der Waals surface area (Å²) in [5.41, 5.74) is 3.62. The van der Waals surface area contributed by atoms with Crippen molar-refractivity contribution in [2.75, 3.05) is 12.3 Å². The SMILES string of the molecule is CC(C)OC(=O)[C@H](C)NP(=O)(Cc1ccccc1)OC[C@@]1(C)O[C@@H](n2ccc(N)nc2=O)[C@H](F)[C@@H]1O. The van der Waals surface area contributed by atoms with Gasteiger partial charge >= 0.3 is 11.7 Å². The van der Waals surface area contributed by atoms with E-state index in [1.165, 1.54) is 26.1 Å². The zero-order valence-corrected chi connectivity index (χ0v) is 21.4. The molecule has 4 N–H and O–H groups in total. The van der Waals surface area contributed by atoms with Gasteiger partial charge in [0.05, 0.1) is 18.9 Å². The number of hydrogen-bond donors (Lipinski definition) is 3. The molecule has 0 saturated carbocycles. The summed E-state index contributed by atoms with van der Waals surface area (Å²) in [6.45, 7) is 5.74. The molecular weight excluding hydrogens is 494 g/mol. The van der Waals surface area contributed by atoms with E-state index in [2.05, 4.69) is 10.1 Å². The van der Waals surface area contributed by atoms with Crippen LogP contribution in [0.4, 0.5) is 10.2 Å². The summed E-state index contributed by atoms with van der Waals surface area (Å²) in [6, 6.07) is 9.12. The number of nitrogens with zero attached hydrogens (tertiary/aromatic N) is 2. The summed E-state index contributed by atoms with van der Waals surface area (Å²) >= 11 is 0. The molecule has 1 aliphatic heterocycles. The van der Waals surface area contributed by atoms with Crippen LogP contribution in [-0.4, -0.2) is 57.3 Å². The first-order chi connectivity index (χ1) is 16.8. The molecule has 2 aromatic rings. The number of alkyl halides is 1. The van der Waals surface area contributed by atoms with Crippen molar-refractivity contribution in [1.82, 2.24) is 14.6 Å². The number of halogens is 1. The van der Waals surface area contributed by atoms with Gasteiger partial charge in [-0.15, -0.1) is 0 Å². The number of benzene rings is 1. The van der Waals surface area contributed by atoms with Crippen molar-refractivity contribution in [3.63, 3.8) is 0 Å². The Balaban J connectivity index is 1.81. The molecule has 11 nitrogen and oxygen atoms in total. The Morgan fingerprint density at radius 1 is 1.33 bits per heavy atom. The molecule has 1 aromatic carbocycles. The van der Waals surface area contributed by atoms with Crippen LogP contribution >= 0.6 is 7.52 Å². The molecule has 1 fully saturated rings. The molecule has 36 heavy (non-hydrogen) atoms.